The summed E-state index contributed by atoms with van der Waals surface area (Å²) in [6.45, 7) is 12.0. The van der Waals surface area contributed by atoms with Crippen LogP contribution in [0.1, 0.15) is 22.3 Å². The van der Waals surface area contributed by atoms with Gasteiger partial charge in [0, 0.05) is 32.8 Å². The van der Waals surface area contributed by atoms with Crippen LogP contribution in [0.2, 0.25) is 0 Å². The molecule has 0 N–H and O–H groups in total. The highest BCUT2D eigenvalue weighted by Crippen LogP contribution is 2.47. The average molecular weight is 750 g/mol. The maximum Gasteiger partial charge on any atom is 0.416 e. The van der Waals surface area contributed by atoms with E-state index in [4.69, 9.17) is 6.57 Å². The molecule has 2 aromatic heterocycles. The summed E-state index contributed by atoms with van der Waals surface area (Å²) in [5.74, 6) is 0. The monoisotopic (exact) mass is 749 g/mol. The van der Waals surface area contributed by atoms with Gasteiger partial charge in [-0.1, -0.05) is 72.3 Å². The largest absolute Gasteiger partial charge is 0.416 e. The Morgan fingerprint density at radius 3 is 1.73 bits per heavy atom. The van der Waals surface area contributed by atoms with Crippen molar-refractivity contribution in [2.24, 2.45) is 0 Å². The normalized spacial score (nSPS) is 12.3. The second-order valence-corrected chi connectivity index (χ2v) is 14.1. The molecule has 0 atom stereocenters. The summed E-state index contributed by atoms with van der Waals surface area (Å²) >= 11 is 0. The van der Waals surface area contributed by atoms with Crippen LogP contribution in [0.5, 0.6) is 0 Å². The number of rotatable bonds is 4. The molecule has 0 saturated heterocycles. The van der Waals surface area contributed by atoms with Gasteiger partial charge in [-0.15, -0.1) is 0 Å². The molecule has 0 fully saturated rings. The van der Waals surface area contributed by atoms with Crippen LogP contribution in [0.25, 0.3) is 82.1 Å². The zero-order valence-corrected chi connectivity index (χ0v) is 29.9. The van der Waals surface area contributed by atoms with Gasteiger partial charge in [-0.2, -0.15) is 26.3 Å². The van der Waals surface area contributed by atoms with E-state index in [0.717, 1.165) is 51.6 Å². The van der Waals surface area contributed by atoms with Crippen LogP contribution in [0.3, 0.4) is 0 Å². The highest BCUT2D eigenvalue weighted by atomic mass is 19.4. The van der Waals surface area contributed by atoms with E-state index < -0.39 is 23.5 Å². The predicted molar refractivity (Wildman–Crippen MR) is 212 cm³/mol. The summed E-state index contributed by atoms with van der Waals surface area (Å²) in [4.78, 5) is 3.98. The molecule has 3 nitrogen and oxygen atoms in total. The van der Waals surface area contributed by atoms with Gasteiger partial charge in [0.05, 0.1) is 45.5 Å². The van der Waals surface area contributed by atoms with Crippen molar-refractivity contribution in [3.63, 3.8) is 0 Å². The third-order valence-electron chi connectivity index (χ3n) is 10.5. The van der Waals surface area contributed by atoms with Crippen molar-refractivity contribution >= 4 is 49.3 Å². The fourth-order valence-corrected chi connectivity index (χ4v) is 8.06. The number of aromatic nitrogens is 2. The first-order valence-corrected chi connectivity index (χ1v) is 17.8. The Kier molecular flexibility index (Phi) is 7.89. The Hall–Kier alpha value is -6.79. The number of aryl methyl sites for hydroxylation is 2. The lowest BCUT2D eigenvalue weighted by molar-refractivity contribution is -0.138. The molecule has 0 bridgehead atoms. The lowest BCUT2D eigenvalue weighted by Gasteiger charge is -2.21. The van der Waals surface area contributed by atoms with Gasteiger partial charge in [0.1, 0.15) is 0 Å². The van der Waals surface area contributed by atoms with Crippen molar-refractivity contribution in [2.75, 3.05) is 0 Å². The highest BCUT2D eigenvalue weighted by Gasteiger charge is 2.33. The highest BCUT2D eigenvalue weighted by molar-refractivity contribution is 6.12. The van der Waals surface area contributed by atoms with E-state index in [-0.39, 0.29) is 5.69 Å². The number of fused-ring (bicyclic) bond motifs is 6. The quantitative estimate of drug-likeness (QED) is 0.126. The Labute approximate surface area is 317 Å². The Morgan fingerprint density at radius 1 is 0.464 bits per heavy atom. The lowest BCUT2D eigenvalue weighted by atomic mass is 9.93. The SMILES string of the molecule is [C-]#[N+]c1cccc(-n2c3ccccc3c3cc(C(F)(F)F)ccc32)c1-c1cc(-c2cc(C)cc(C(F)(F)F)c2)ccc1-n1c2ccccc2c2cc(C)ccc21. The molecule has 0 amide bonds. The van der Waals surface area contributed by atoms with Crippen molar-refractivity contribution in [1.29, 1.82) is 0 Å². The van der Waals surface area contributed by atoms with Crippen LogP contribution in [0.4, 0.5) is 32.0 Å². The minimum Gasteiger partial charge on any atom is -0.310 e. The third-order valence-corrected chi connectivity index (χ3v) is 10.5. The molecule has 9 rings (SSSR count). The average Bonchev–Trinajstić information content (AvgIpc) is 3.68. The van der Waals surface area contributed by atoms with Crippen LogP contribution in [-0.2, 0) is 12.4 Å². The maximum atomic E-state index is 14.1. The van der Waals surface area contributed by atoms with E-state index in [1.165, 1.54) is 6.07 Å². The minimum atomic E-state index is -4.57. The molecular weight excluding hydrogens is 721 g/mol. The van der Waals surface area contributed by atoms with Gasteiger partial charge < -0.3 is 9.13 Å². The molecule has 0 radical (unpaired) electrons. The topological polar surface area (TPSA) is 14.2 Å². The summed E-state index contributed by atoms with van der Waals surface area (Å²) in [5, 5.41) is 2.99. The summed E-state index contributed by atoms with van der Waals surface area (Å²) in [6, 6.07) is 39.6. The first kappa shape index (κ1) is 34.9. The van der Waals surface area contributed by atoms with E-state index in [1.54, 1.807) is 43.3 Å². The molecule has 9 heteroatoms. The molecule has 0 spiro atoms. The smallest absolute Gasteiger partial charge is 0.310 e. The minimum absolute atomic E-state index is 0.260. The Bertz CT molecular complexity index is 3100. The van der Waals surface area contributed by atoms with Crippen molar-refractivity contribution < 1.29 is 26.3 Å². The summed E-state index contributed by atoms with van der Waals surface area (Å²) < 4.78 is 88.5. The number of para-hydroxylation sites is 2. The molecular formula is C47H29F6N3. The zero-order valence-electron chi connectivity index (χ0n) is 29.9. The van der Waals surface area contributed by atoms with Crippen LogP contribution in [0, 0.1) is 20.4 Å². The molecule has 0 unspecified atom stereocenters. The van der Waals surface area contributed by atoms with Crippen molar-refractivity contribution in [1.82, 2.24) is 9.13 Å². The number of hydrogen-bond donors (Lipinski definition) is 0. The van der Waals surface area contributed by atoms with E-state index in [2.05, 4.69) is 15.5 Å². The van der Waals surface area contributed by atoms with Gasteiger partial charge in [0.25, 0.3) is 0 Å². The van der Waals surface area contributed by atoms with Gasteiger partial charge in [-0.25, -0.2) is 4.85 Å². The van der Waals surface area contributed by atoms with E-state index in [0.29, 0.717) is 61.0 Å². The molecule has 2 heterocycles. The third kappa shape index (κ3) is 5.60. The second kappa shape index (κ2) is 12.6. The molecule has 7 aromatic carbocycles. The zero-order chi connectivity index (χ0) is 39.1. The van der Waals surface area contributed by atoms with Crippen molar-refractivity contribution in [2.45, 2.75) is 26.2 Å². The first-order valence-electron chi connectivity index (χ1n) is 17.8. The molecule has 56 heavy (non-hydrogen) atoms. The van der Waals surface area contributed by atoms with Crippen LogP contribution in [0.15, 0.2) is 140 Å². The fourth-order valence-electron chi connectivity index (χ4n) is 8.06. The number of alkyl halides is 6. The molecule has 0 aliphatic rings. The molecule has 0 aliphatic heterocycles. The van der Waals surface area contributed by atoms with Crippen LogP contribution < -0.4 is 0 Å². The van der Waals surface area contributed by atoms with Crippen LogP contribution >= 0.6 is 0 Å². The lowest BCUT2D eigenvalue weighted by Crippen LogP contribution is -2.06. The van der Waals surface area contributed by atoms with Crippen molar-refractivity contribution in [3.05, 3.63) is 173 Å². The summed E-state index contributed by atoms with van der Waals surface area (Å²) in [5.41, 5.74) is 6.18. The maximum absolute atomic E-state index is 14.1. The molecule has 0 aliphatic carbocycles. The molecule has 9 aromatic rings. The Balaban J connectivity index is 1.42. The summed E-state index contributed by atoms with van der Waals surface area (Å²) in [6.07, 6.45) is -9.14. The van der Waals surface area contributed by atoms with Crippen LogP contribution in [-0.4, -0.2) is 9.13 Å². The van der Waals surface area contributed by atoms with E-state index in [9.17, 15) is 26.3 Å². The summed E-state index contributed by atoms with van der Waals surface area (Å²) in [7, 11) is 0. The predicted octanol–water partition coefficient (Wildman–Crippen LogP) is 14.4. The van der Waals surface area contributed by atoms with Gasteiger partial charge >= 0.3 is 12.4 Å². The van der Waals surface area contributed by atoms with Gasteiger partial charge in [0.15, 0.2) is 5.69 Å². The fraction of sp³-hybridized carbons (Fsp3) is 0.0851. The van der Waals surface area contributed by atoms with E-state index in [1.807, 2.05) is 78.2 Å². The number of hydrogen-bond acceptors (Lipinski definition) is 0. The molecule has 274 valence electrons. The second-order valence-electron chi connectivity index (χ2n) is 14.1. The Morgan fingerprint density at radius 2 is 1.07 bits per heavy atom. The van der Waals surface area contributed by atoms with Gasteiger partial charge in [-0.05, 0) is 109 Å². The van der Waals surface area contributed by atoms with Gasteiger partial charge in [0.2, 0.25) is 0 Å². The van der Waals surface area contributed by atoms with Gasteiger partial charge in [-0.3, -0.25) is 0 Å². The molecule has 0 saturated carbocycles. The number of nitrogens with zero attached hydrogens (tertiary/aromatic N) is 3. The number of halogens is 6. The van der Waals surface area contributed by atoms with E-state index >= 15 is 0 Å². The van der Waals surface area contributed by atoms with Crippen molar-refractivity contribution in [3.8, 4) is 33.6 Å². The standard InChI is InChI=1S/C47H29F6N3/c1-27-15-18-41-35(23-27)33-9-4-6-12-39(33)55(41)43-19-16-29(30-21-28(2)22-32(24-30)47(51,52)53)25-37(43)45-38(54-3)11-8-14-44(45)56-40-13-7-5-10-34(40)36-26-31(46(48,49)50)17-20-42(36)56/h4-26H,1-2H3. The first-order chi connectivity index (χ1) is 26.8. The number of benzene rings is 7.